The number of rotatable bonds is 2. The number of hydrogen-bond acceptors (Lipinski definition) is 0. The molecule has 2 aliphatic rings. The van der Waals surface area contributed by atoms with Crippen LogP contribution < -0.4 is 0 Å². The first kappa shape index (κ1) is 10.3. The van der Waals surface area contributed by atoms with Gasteiger partial charge in [0.25, 0.3) is 0 Å². The molecule has 0 heteroatoms. The first-order chi connectivity index (χ1) is 6.37. The summed E-state index contributed by atoms with van der Waals surface area (Å²) < 4.78 is 0. The van der Waals surface area contributed by atoms with Gasteiger partial charge in [0, 0.05) is 0 Å². The molecule has 0 spiro atoms. The maximum atomic E-state index is 2.50. The van der Waals surface area contributed by atoms with Crippen LogP contribution in [0.2, 0.25) is 0 Å². The van der Waals surface area contributed by atoms with Crippen molar-refractivity contribution < 1.29 is 0 Å². The Labute approximate surface area is 88.8 Å². The van der Waals surface area contributed by atoms with Gasteiger partial charge in [0.1, 0.15) is 0 Å². The van der Waals surface area contributed by atoms with Gasteiger partial charge < -0.3 is 0 Å². The van der Waals surface area contributed by atoms with Gasteiger partial charge in [-0.2, -0.15) is 0 Å². The minimum atomic E-state index is 0.483. The summed E-state index contributed by atoms with van der Waals surface area (Å²) in [6.07, 6.45) is 7.80. The van der Waals surface area contributed by atoms with Crippen molar-refractivity contribution in [1.82, 2.24) is 0 Å². The summed E-state index contributed by atoms with van der Waals surface area (Å²) in [6.45, 7) is 12.1. The summed E-state index contributed by atoms with van der Waals surface area (Å²) in [5, 5.41) is 0. The Morgan fingerprint density at radius 3 is 2.29 bits per heavy atom. The van der Waals surface area contributed by atoms with Gasteiger partial charge in [0.2, 0.25) is 0 Å². The Bertz CT molecular complexity index is 259. The summed E-state index contributed by atoms with van der Waals surface area (Å²) in [5.41, 5.74) is 0.990. The van der Waals surface area contributed by atoms with E-state index in [9.17, 15) is 0 Å². The van der Waals surface area contributed by atoms with E-state index in [1.807, 2.05) is 0 Å². The Morgan fingerprint density at radius 2 is 1.93 bits per heavy atom. The van der Waals surface area contributed by atoms with E-state index in [2.05, 4.69) is 46.8 Å². The van der Waals surface area contributed by atoms with Crippen LogP contribution >= 0.6 is 0 Å². The van der Waals surface area contributed by atoms with E-state index in [0.29, 0.717) is 10.8 Å². The molecule has 0 N–H and O–H groups in total. The van der Waals surface area contributed by atoms with Crippen LogP contribution in [0.4, 0.5) is 0 Å². The van der Waals surface area contributed by atoms with E-state index in [1.54, 1.807) is 0 Å². The van der Waals surface area contributed by atoms with E-state index in [1.165, 1.54) is 12.8 Å². The number of fused-ring (bicyclic) bond motifs is 2. The molecule has 0 nitrogen and oxygen atoms in total. The Morgan fingerprint density at radius 1 is 1.29 bits per heavy atom. The summed E-state index contributed by atoms with van der Waals surface area (Å²) in [6, 6.07) is 0. The van der Waals surface area contributed by atoms with Crippen LogP contribution in [0.1, 0.15) is 47.5 Å². The summed E-state index contributed by atoms with van der Waals surface area (Å²) >= 11 is 0. The third-order valence-corrected chi connectivity index (χ3v) is 4.94. The highest BCUT2D eigenvalue weighted by molar-refractivity contribution is 5.24. The lowest BCUT2D eigenvalue weighted by molar-refractivity contribution is 0.177. The molecule has 0 amide bonds. The molecule has 1 saturated carbocycles. The molecule has 80 valence electrons. The van der Waals surface area contributed by atoms with Crippen LogP contribution in [0.15, 0.2) is 12.2 Å². The fourth-order valence-corrected chi connectivity index (χ4v) is 3.74. The molecule has 3 atom stereocenters. The monoisotopic (exact) mass is 192 g/mol. The first-order valence-electron chi connectivity index (χ1n) is 6.06. The standard InChI is InChI=1S/C14H24/c1-10(2)8-11-9-14(5)7-6-12(11)13(14,3)4/h6-7,10-12H,8-9H2,1-5H3. The topological polar surface area (TPSA) is 0 Å². The van der Waals surface area contributed by atoms with Gasteiger partial charge in [0.05, 0.1) is 0 Å². The highest BCUT2D eigenvalue weighted by Crippen LogP contribution is 2.64. The van der Waals surface area contributed by atoms with Crippen molar-refractivity contribution in [2.24, 2.45) is 28.6 Å². The highest BCUT2D eigenvalue weighted by atomic mass is 14.6. The first-order valence-corrected chi connectivity index (χ1v) is 6.06. The quantitative estimate of drug-likeness (QED) is 0.573. The minimum Gasteiger partial charge on any atom is -0.0840 e. The summed E-state index contributed by atoms with van der Waals surface area (Å²) in [4.78, 5) is 0. The SMILES string of the molecule is CC(C)CC1CC2(C)C=CC1C2(C)C. The molecule has 2 rings (SSSR count). The van der Waals surface area contributed by atoms with Crippen molar-refractivity contribution >= 4 is 0 Å². The average molecular weight is 192 g/mol. The normalized spacial score (nSPS) is 43.9. The fraction of sp³-hybridized carbons (Fsp3) is 0.857. The third kappa shape index (κ3) is 1.19. The molecule has 0 saturated heterocycles. The van der Waals surface area contributed by atoms with Gasteiger partial charge in [-0.25, -0.2) is 0 Å². The van der Waals surface area contributed by atoms with Gasteiger partial charge >= 0.3 is 0 Å². The van der Waals surface area contributed by atoms with E-state index < -0.39 is 0 Å². The van der Waals surface area contributed by atoms with E-state index >= 15 is 0 Å². The molecule has 0 aromatic heterocycles. The van der Waals surface area contributed by atoms with Gasteiger partial charge in [-0.05, 0) is 41.4 Å². The lowest BCUT2D eigenvalue weighted by Crippen LogP contribution is -2.27. The Hall–Kier alpha value is -0.260. The van der Waals surface area contributed by atoms with E-state index in [0.717, 1.165) is 17.8 Å². The van der Waals surface area contributed by atoms with Crippen LogP contribution in [0.3, 0.4) is 0 Å². The van der Waals surface area contributed by atoms with Crippen molar-refractivity contribution in [2.75, 3.05) is 0 Å². The van der Waals surface area contributed by atoms with Gasteiger partial charge in [-0.1, -0.05) is 46.8 Å². The minimum absolute atomic E-state index is 0.483. The van der Waals surface area contributed by atoms with Crippen molar-refractivity contribution in [3.05, 3.63) is 12.2 Å². The predicted octanol–water partition coefficient (Wildman–Crippen LogP) is 4.27. The largest absolute Gasteiger partial charge is 0.0840 e. The fourth-order valence-electron chi connectivity index (χ4n) is 3.74. The zero-order valence-corrected chi connectivity index (χ0v) is 10.3. The highest BCUT2D eigenvalue weighted by Gasteiger charge is 2.57. The van der Waals surface area contributed by atoms with Crippen molar-refractivity contribution in [3.63, 3.8) is 0 Å². The molecule has 1 fully saturated rings. The lowest BCUT2D eigenvalue weighted by atomic mass is 9.70. The zero-order valence-electron chi connectivity index (χ0n) is 10.3. The van der Waals surface area contributed by atoms with Crippen LogP contribution in [0, 0.1) is 28.6 Å². The molecule has 0 aromatic rings. The molecule has 0 aromatic carbocycles. The van der Waals surface area contributed by atoms with Gasteiger partial charge in [0.15, 0.2) is 0 Å². The van der Waals surface area contributed by atoms with Crippen molar-refractivity contribution in [2.45, 2.75) is 47.5 Å². The Balaban J connectivity index is 2.19. The maximum absolute atomic E-state index is 2.50. The predicted molar refractivity (Wildman–Crippen MR) is 62.1 cm³/mol. The van der Waals surface area contributed by atoms with E-state index in [4.69, 9.17) is 0 Å². The molecular weight excluding hydrogens is 168 g/mol. The third-order valence-electron chi connectivity index (χ3n) is 4.94. The van der Waals surface area contributed by atoms with Crippen molar-refractivity contribution in [3.8, 4) is 0 Å². The maximum Gasteiger partial charge on any atom is -0.00867 e. The molecule has 0 radical (unpaired) electrons. The Kier molecular flexibility index (Phi) is 2.10. The molecular formula is C14H24. The van der Waals surface area contributed by atoms with Gasteiger partial charge in [-0.15, -0.1) is 0 Å². The molecule has 0 heterocycles. The molecule has 14 heavy (non-hydrogen) atoms. The molecule has 3 unspecified atom stereocenters. The number of hydrogen-bond donors (Lipinski definition) is 0. The van der Waals surface area contributed by atoms with Gasteiger partial charge in [-0.3, -0.25) is 0 Å². The van der Waals surface area contributed by atoms with Crippen LogP contribution in [-0.4, -0.2) is 0 Å². The van der Waals surface area contributed by atoms with E-state index in [-0.39, 0.29) is 0 Å². The summed E-state index contributed by atoms with van der Waals surface area (Å²) in [7, 11) is 0. The second-order valence-electron chi connectivity index (χ2n) is 6.62. The smallest absolute Gasteiger partial charge is 0.00867 e. The molecule has 2 bridgehead atoms. The second-order valence-corrected chi connectivity index (χ2v) is 6.62. The molecule has 2 aliphatic carbocycles. The van der Waals surface area contributed by atoms with Crippen molar-refractivity contribution in [1.29, 1.82) is 0 Å². The zero-order chi connectivity index (χ0) is 10.6. The van der Waals surface area contributed by atoms with Crippen LogP contribution in [0.5, 0.6) is 0 Å². The number of allylic oxidation sites excluding steroid dienone is 2. The second kappa shape index (κ2) is 2.87. The summed E-state index contributed by atoms with van der Waals surface area (Å²) in [5.74, 6) is 2.64. The average Bonchev–Trinajstić information content (AvgIpc) is 2.31. The van der Waals surface area contributed by atoms with Crippen LogP contribution in [-0.2, 0) is 0 Å². The molecule has 0 aliphatic heterocycles. The van der Waals surface area contributed by atoms with Crippen LogP contribution in [0.25, 0.3) is 0 Å². The lowest BCUT2D eigenvalue weighted by Gasteiger charge is -2.33.